The van der Waals surface area contributed by atoms with Crippen molar-refractivity contribution in [1.29, 1.82) is 0 Å². The second kappa shape index (κ2) is 22.7. The number of likely N-dealkylation sites (N-methyl/N-ethyl adjacent to an activating group) is 1. The molecule has 1 N–H and O–H groups in total. The molecule has 0 bridgehead atoms. The summed E-state index contributed by atoms with van der Waals surface area (Å²) in [5.74, 6) is 6.19. The highest BCUT2D eigenvalue weighted by Crippen LogP contribution is 2.32. The molecule has 0 aliphatic heterocycles. The number of hydrogen-bond donors (Lipinski definition) is 1. The molecule has 1 atom stereocenters. The third-order valence-electron chi connectivity index (χ3n) is 11.1. The summed E-state index contributed by atoms with van der Waals surface area (Å²) in [6, 6.07) is 36.6. The summed E-state index contributed by atoms with van der Waals surface area (Å²) in [5.41, 5.74) is 6.61. The standard InChI is InChI=1S/C33H34N6O6.C21H25N/c1-3-42-32-34-28-15-9-14-27(31(40)43-21(2)44-33(41)45-24-10-5-4-6-11-24)29(28)39(32)20-22-16-18-23(19-17-22)25-12-7-8-13-26(25)30-35-37-38-36-30;1-21(2,3)15-8-5-9-16-22(4)17-19-13-10-12-18-11-6-7-14-20(18)19/h7-9,12-19,21,24H,3-6,10-11,20H2,1-2H3,(H,35,36,37,38);5-7,9-14H,16-17H2,1-4H3/b;9-5+. The first-order chi connectivity index (χ1) is 32.5. The van der Waals surface area contributed by atoms with E-state index in [0.717, 1.165) is 67.4 Å². The Labute approximate surface area is 392 Å². The number of hydrogen-bond acceptors (Lipinski definition) is 11. The molecule has 0 spiro atoms. The number of carbonyl (C=O) groups excluding carboxylic acids is 2. The number of fused-ring (bicyclic) bond motifs is 2. The van der Waals surface area contributed by atoms with Crippen molar-refractivity contribution in [2.24, 2.45) is 5.41 Å². The fraction of sp³-hybridized carbons (Fsp3) is 0.333. The summed E-state index contributed by atoms with van der Waals surface area (Å²) >= 11 is 0. The largest absolute Gasteiger partial charge is 0.511 e. The number of imidazole rings is 1. The number of benzene rings is 5. The molecule has 1 aliphatic carbocycles. The highest BCUT2D eigenvalue weighted by Gasteiger charge is 2.25. The highest BCUT2D eigenvalue weighted by atomic mass is 16.8. The van der Waals surface area contributed by atoms with Gasteiger partial charge in [-0.2, -0.15) is 10.2 Å². The summed E-state index contributed by atoms with van der Waals surface area (Å²) < 4.78 is 23.9. The van der Waals surface area contributed by atoms with E-state index in [0.29, 0.717) is 36.0 Å². The maximum atomic E-state index is 13.4. The zero-order valence-corrected chi connectivity index (χ0v) is 39.2. The van der Waals surface area contributed by atoms with Gasteiger partial charge in [0.2, 0.25) is 12.1 Å². The van der Waals surface area contributed by atoms with Gasteiger partial charge in [-0.05, 0) is 117 Å². The van der Waals surface area contributed by atoms with Crippen LogP contribution in [0.5, 0.6) is 6.01 Å². The lowest BCUT2D eigenvalue weighted by molar-refractivity contribution is -0.0914. The van der Waals surface area contributed by atoms with Crippen LogP contribution in [0.4, 0.5) is 4.79 Å². The molecule has 8 rings (SSSR count). The number of para-hydroxylation sites is 1. The normalized spacial score (nSPS) is 13.4. The number of esters is 1. The fourth-order valence-electron chi connectivity index (χ4n) is 7.95. The van der Waals surface area contributed by atoms with E-state index in [1.807, 2.05) is 72.2 Å². The van der Waals surface area contributed by atoms with E-state index in [1.165, 1.54) is 23.3 Å². The molecule has 5 aromatic carbocycles. The number of nitrogens with one attached hydrogen (secondary N) is 1. The summed E-state index contributed by atoms with van der Waals surface area (Å²) in [5, 5.41) is 17.1. The van der Waals surface area contributed by atoms with Crippen LogP contribution in [0.25, 0.3) is 44.3 Å². The van der Waals surface area contributed by atoms with E-state index in [2.05, 4.69) is 119 Å². The molecular weight excluding hydrogens is 843 g/mol. The van der Waals surface area contributed by atoms with Crippen molar-refractivity contribution in [3.63, 3.8) is 0 Å². The molecule has 0 amide bonds. The molecular formula is C54H59N7O6. The summed E-state index contributed by atoms with van der Waals surface area (Å²) in [7, 11) is 2.14. The van der Waals surface area contributed by atoms with Crippen LogP contribution in [-0.4, -0.2) is 79.8 Å². The number of nitrogens with zero attached hydrogens (tertiary/aromatic N) is 6. The smallest absolute Gasteiger partial charge is 0.465 e. The van der Waals surface area contributed by atoms with Crippen LogP contribution in [0.1, 0.15) is 88.2 Å². The van der Waals surface area contributed by atoms with Gasteiger partial charge in [0.15, 0.2) is 0 Å². The van der Waals surface area contributed by atoms with Gasteiger partial charge in [0.1, 0.15) is 6.10 Å². The highest BCUT2D eigenvalue weighted by molar-refractivity contribution is 6.02. The maximum Gasteiger partial charge on any atom is 0.511 e. The summed E-state index contributed by atoms with van der Waals surface area (Å²) in [6.45, 7) is 12.4. The number of carbonyl (C=O) groups is 2. The van der Waals surface area contributed by atoms with E-state index < -0.39 is 18.4 Å². The molecule has 0 radical (unpaired) electrons. The quantitative estimate of drug-likeness (QED) is 0.0632. The minimum atomic E-state index is -1.14. The minimum absolute atomic E-state index is 0.0686. The second-order valence-electron chi connectivity index (χ2n) is 17.5. The first kappa shape index (κ1) is 47.7. The van der Waals surface area contributed by atoms with Gasteiger partial charge in [0, 0.05) is 31.0 Å². The molecule has 1 aliphatic rings. The van der Waals surface area contributed by atoms with Crippen molar-refractivity contribution in [2.45, 2.75) is 92.2 Å². The Morgan fingerprint density at radius 3 is 2.37 bits per heavy atom. The molecule has 7 aromatic rings. The van der Waals surface area contributed by atoms with Crippen LogP contribution in [0, 0.1) is 17.3 Å². The van der Waals surface area contributed by atoms with Crippen molar-refractivity contribution >= 4 is 33.9 Å². The van der Waals surface area contributed by atoms with Gasteiger partial charge in [-0.25, -0.2) is 9.59 Å². The number of rotatable bonds is 14. The fourth-order valence-corrected chi connectivity index (χ4v) is 7.95. The molecule has 2 heterocycles. The molecule has 13 nitrogen and oxygen atoms in total. The molecule has 67 heavy (non-hydrogen) atoms. The van der Waals surface area contributed by atoms with E-state index >= 15 is 0 Å². The number of tetrazole rings is 1. The van der Waals surface area contributed by atoms with Gasteiger partial charge >= 0.3 is 12.1 Å². The van der Waals surface area contributed by atoms with Crippen LogP contribution in [0.15, 0.2) is 121 Å². The predicted octanol–water partition coefficient (Wildman–Crippen LogP) is 11.2. The van der Waals surface area contributed by atoms with Crippen molar-refractivity contribution < 1.29 is 28.5 Å². The summed E-state index contributed by atoms with van der Waals surface area (Å²) in [6.07, 6.45) is 6.74. The predicted molar refractivity (Wildman–Crippen MR) is 261 cm³/mol. The van der Waals surface area contributed by atoms with Crippen molar-refractivity contribution in [2.75, 3.05) is 20.2 Å². The zero-order valence-electron chi connectivity index (χ0n) is 39.2. The Morgan fingerprint density at radius 2 is 1.63 bits per heavy atom. The topological polar surface area (TPSA) is 147 Å². The molecule has 346 valence electrons. The van der Waals surface area contributed by atoms with E-state index in [1.54, 1.807) is 12.1 Å². The van der Waals surface area contributed by atoms with Gasteiger partial charge < -0.3 is 18.9 Å². The Balaban J connectivity index is 0.000000254. The van der Waals surface area contributed by atoms with Gasteiger partial charge in [0.25, 0.3) is 6.01 Å². The Hall–Kier alpha value is -7.30. The van der Waals surface area contributed by atoms with Crippen LogP contribution in [0.3, 0.4) is 0 Å². The van der Waals surface area contributed by atoms with Gasteiger partial charge in [0.05, 0.1) is 29.7 Å². The third kappa shape index (κ3) is 13.2. The first-order valence-corrected chi connectivity index (χ1v) is 22.9. The van der Waals surface area contributed by atoms with Gasteiger partial charge in [-0.3, -0.25) is 9.47 Å². The molecule has 1 fully saturated rings. The number of aromatic amines is 1. The number of H-pyrrole nitrogens is 1. The lowest BCUT2D eigenvalue weighted by Crippen LogP contribution is -2.26. The zero-order chi connectivity index (χ0) is 47.2. The third-order valence-corrected chi connectivity index (χ3v) is 11.1. The lowest BCUT2D eigenvalue weighted by Gasteiger charge is -2.22. The number of aromatic nitrogens is 6. The molecule has 1 unspecified atom stereocenters. The maximum absolute atomic E-state index is 13.4. The van der Waals surface area contributed by atoms with Crippen molar-refractivity contribution in [1.82, 2.24) is 35.1 Å². The second-order valence-corrected chi connectivity index (χ2v) is 17.5. The van der Waals surface area contributed by atoms with Crippen LogP contribution in [0.2, 0.25) is 0 Å². The average Bonchev–Trinajstić information content (AvgIpc) is 3.98. The Morgan fingerprint density at radius 1 is 0.896 bits per heavy atom. The van der Waals surface area contributed by atoms with Crippen molar-refractivity contribution in [3.05, 3.63) is 138 Å². The molecule has 1 saturated carbocycles. The SMILES string of the molecule is CCOc1nc2cccc(C(=O)OC(C)OC(=O)OC3CCCCC3)c2n1Cc1ccc(-c2ccccc2-c2nn[nH]n2)cc1.CN(C/C=C/C#CC(C)(C)C)Cc1cccc2ccccc12. The first-order valence-electron chi connectivity index (χ1n) is 22.9. The lowest BCUT2D eigenvalue weighted by atomic mass is 9.98. The average molecular weight is 902 g/mol. The van der Waals surface area contributed by atoms with Gasteiger partial charge in [-0.15, -0.1) is 10.2 Å². The molecule has 0 saturated heterocycles. The van der Waals surface area contributed by atoms with Crippen LogP contribution in [-0.2, 0) is 27.3 Å². The Bertz CT molecular complexity index is 2820. The van der Waals surface area contributed by atoms with E-state index in [-0.39, 0.29) is 17.1 Å². The summed E-state index contributed by atoms with van der Waals surface area (Å²) in [4.78, 5) is 32.6. The van der Waals surface area contributed by atoms with Crippen LogP contribution >= 0.6 is 0 Å². The van der Waals surface area contributed by atoms with Crippen LogP contribution < -0.4 is 4.74 Å². The van der Waals surface area contributed by atoms with Gasteiger partial charge in [-0.1, -0.05) is 121 Å². The molecule has 13 heteroatoms. The minimum Gasteiger partial charge on any atom is -0.465 e. The number of ether oxygens (including phenoxy) is 4. The monoisotopic (exact) mass is 901 g/mol. The molecule has 2 aromatic heterocycles. The van der Waals surface area contributed by atoms with Crippen molar-refractivity contribution in [3.8, 4) is 40.4 Å². The van der Waals surface area contributed by atoms with E-state index in [9.17, 15) is 9.59 Å². The van der Waals surface area contributed by atoms with E-state index in [4.69, 9.17) is 18.9 Å². The Kier molecular flexibility index (Phi) is 16.2. The number of allylic oxidation sites excluding steroid dienone is 1.